The molecule has 33 heavy (non-hydrogen) atoms. The minimum atomic E-state index is -3.83. The van der Waals surface area contributed by atoms with E-state index in [1.54, 1.807) is 19.9 Å². The van der Waals surface area contributed by atoms with Crippen molar-refractivity contribution < 1.29 is 27.1 Å². The third-order valence-corrected chi connectivity index (χ3v) is 8.17. The summed E-state index contributed by atoms with van der Waals surface area (Å²) in [5, 5.41) is 5.32. The summed E-state index contributed by atoms with van der Waals surface area (Å²) in [5.41, 5.74) is 1.30. The lowest BCUT2D eigenvalue weighted by Crippen LogP contribution is -2.41. The molecule has 0 bridgehead atoms. The van der Waals surface area contributed by atoms with Crippen molar-refractivity contribution in [2.75, 3.05) is 23.7 Å². The van der Waals surface area contributed by atoms with E-state index in [9.17, 15) is 22.4 Å². The van der Waals surface area contributed by atoms with Gasteiger partial charge in [-0.15, -0.1) is 0 Å². The number of sulfonamides is 1. The van der Waals surface area contributed by atoms with Crippen molar-refractivity contribution in [2.45, 2.75) is 37.7 Å². The van der Waals surface area contributed by atoms with E-state index in [0.717, 1.165) is 0 Å². The Bertz CT molecular complexity index is 1230. The van der Waals surface area contributed by atoms with Gasteiger partial charge in [-0.25, -0.2) is 12.8 Å². The summed E-state index contributed by atoms with van der Waals surface area (Å²) in [7, 11) is -3.83. The van der Waals surface area contributed by atoms with Crippen molar-refractivity contribution in [3.63, 3.8) is 0 Å². The first kappa shape index (κ1) is 23.5. The van der Waals surface area contributed by atoms with Gasteiger partial charge in [-0.2, -0.15) is 4.31 Å². The molecule has 2 aromatic carbocycles. The topological polar surface area (TPSA) is 105 Å². The minimum Gasteiger partial charge on any atom is -0.479 e. The molecule has 2 heterocycles. The highest BCUT2D eigenvalue weighted by molar-refractivity contribution is 7.89. The summed E-state index contributed by atoms with van der Waals surface area (Å²) < 4.78 is 46.8. The molecule has 0 aliphatic carbocycles. The van der Waals surface area contributed by atoms with Crippen LogP contribution in [0.3, 0.4) is 0 Å². The fraction of sp³-hybridized carbons (Fsp3) is 0.364. The Hall–Kier alpha value is -2.69. The van der Waals surface area contributed by atoms with Crippen molar-refractivity contribution in [1.82, 2.24) is 4.31 Å². The Kier molecular flexibility index (Phi) is 6.35. The summed E-state index contributed by atoms with van der Waals surface area (Å²) in [4.78, 5) is 24.5. The van der Waals surface area contributed by atoms with Crippen LogP contribution in [0.1, 0.15) is 25.3 Å². The number of nitrogens with one attached hydrogen (secondary N) is 2. The molecule has 11 heteroatoms. The van der Waals surface area contributed by atoms with Gasteiger partial charge in [0.1, 0.15) is 11.6 Å². The number of halogens is 2. The maximum atomic E-state index is 13.3. The summed E-state index contributed by atoms with van der Waals surface area (Å²) >= 11 is 5.75. The summed E-state index contributed by atoms with van der Waals surface area (Å²) in [5.74, 6) is -1.21. The van der Waals surface area contributed by atoms with Crippen LogP contribution < -0.4 is 15.4 Å². The Morgan fingerprint density at radius 1 is 1.24 bits per heavy atom. The molecule has 2 N–H and O–H groups in total. The van der Waals surface area contributed by atoms with Gasteiger partial charge in [-0.1, -0.05) is 11.6 Å². The number of aryl methyl sites for hydroxylation is 1. The van der Waals surface area contributed by atoms with Gasteiger partial charge >= 0.3 is 0 Å². The number of carbonyl (C=O) groups excluding carboxylic acids is 2. The van der Waals surface area contributed by atoms with Crippen LogP contribution in [0.2, 0.25) is 5.02 Å². The van der Waals surface area contributed by atoms with Gasteiger partial charge in [-0.05, 0) is 56.5 Å². The zero-order valence-corrected chi connectivity index (χ0v) is 19.6. The van der Waals surface area contributed by atoms with E-state index in [0.29, 0.717) is 35.5 Å². The number of carbonyl (C=O) groups is 2. The monoisotopic (exact) mass is 495 g/mol. The SMILES string of the molecule is Cc1cc2c(cc1S(=O)(=O)N1CCC(C(=O)Nc3ccc(F)c(Cl)c3)CC1)O[C@H](C)C(=O)N2. The quantitative estimate of drug-likeness (QED) is 0.675. The Labute approximate surface area is 196 Å². The van der Waals surface area contributed by atoms with Crippen molar-refractivity contribution in [3.8, 4) is 5.75 Å². The van der Waals surface area contributed by atoms with Crippen LogP contribution in [0.5, 0.6) is 5.75 Å². The van der Waals surface area contributed by atoms with Crippen molar-refractivity contribution >= 4 is 44.8 Å². The van der Waals surface area contributed by atoms with Crippen LogP contribution in [0.25, 0.3) is 0 Å². The van der Waals surface area contributed by atoms with Gasteiger partial charge in [0.25, 0.3) is 5.91 Å². The largest absolute Gasteiger partial charge is 0.479 e. The van der Waals surface area contributed by atoms with Crippen LogP contribution in [0, 0.1) is 18.7 Å². The third-order valence-electron chi connectivity index (χ3n) is 5.84. The van der Waals surface area contributed by atoms with E-state index >= 15 is 0 Å². The first-order chi connectivity index (χ1) is 15.6. The fourth-order valence-corrected chi connectivity index (χ4v) is 5.81. The summed E-state index contributed by atoms with van der Waals surface area (Å²) in [6.45, 7) is 3.59. The summed E-state index contributed by atoms with van der Waals surface area (Å²) in [6.07, 6.45) is -0.0396. The highest BCUT2D eigenvalue weighted by Gasteiger charge is 2.34. The molecular formula is C22H23ClFN3O5S. The van der Waals surface area contributed by atoms with Crippen LogP contribution in [0.15, 0.2) is 35.2 Å². The molecular weight excluding hydrogens is 473 g/mol. The molecule has 1 fully saturated rings. The molecule has 0 radical (unpaired) electrons. The Morgan fingerprint density at radius 3 is 2.61 bits per heavy atom. The fourth-order valence-electron chi connectivity index (χ4n) is 3.94. The average Bonchev–Trinajstić information content (AvgIpc) is 2.77. The van der Waals surface area contributed by atoms with E-state index in [-0.39, 0.29) is 40.7 Å². The van der Waals surface area contributed by atoms with Gasteiger partial charge < -0.3 is 15.4 Å². The number of rotatable bonds is 4. The highest BCUT2D eigenvalue weighted by atomic mass is 35.5. The minimum absolute atomic E-state index is 0.0907. The van der Waals surface area contributed by atoms with E-state index in [1.165, 1.54) is 28.6 Å². The number of anilines is 2. The van der Waals surface area contributed by atoms with Crippen LogP contribution >= 0.6 is 11.6 Å². The van der Waals surface area contributed by atoms with Crippen molar-refractivity contribution in [3.05, 3.63) is 46.7 Å². The first-order valence-electron chi connectivity index (χ1n) is 10.4. The molecule has 2 aliphatic rings. The molecule has 0 aromatic heterocycles. The number of amides is 2. The van der Waals surface area contributed by atoms with E-state index < -0.39 is 21.9 Å². The van der Waals surface area contributed by atoms with Crippen molar-refractivity contribution in [2.24, 2.45) is 5.92 Å². The van der Waals surface area contributed by atoms with Gasteiger partial charge in [0.05, 0.1) is 15.6 Å². The van der Waals surface area contributed by atoms with E-state index in [1.807, 2.05) is 0 Å². The number of piperidine rings is 1. The lowest BCUT2D eigenvalue weighted by molar-refractivity contribution is -0.123. The molecule has 0 spiro atoms. The molecule has 4 rings (SSSR count). The Morgan fingerprint density at radius 2 is 1.94 bits per heavy atom. The second-order valence-electron chi connectivity index (χ2n) is 8.16. The maximum Gasteiger partial charge on any atom is 0.265 e. The van der Waals surface area contributed by atoms with Crippen LogP contribution in [-0.2, 0) is 19.6 Å². The molecule has 2 amide bonds. The normalized spacial score (nSPS) is 19.4. The zero-order valence-electron chi connectivity index (χ0n) is 18.0. The number of hydrogen-bond acceptors (Lipinski definition) is 5. The van der Waals surface area contributed by atoms with Crippen LogP contribution in [0.4, 0.5) is 15.8 Å². The molecule has 1 atom stereocenters. The zero-order chi connectivity index (χ0) is 23.9. The molecule has 176 valence electrons. The number of nitrogens with zero attached hydrogens (tertiary/aromatic N) is 1. The predicted molar refractivity (Wildman–Crippen MR) is 121 cm³/mol. The van der Waals surface area contributed by atoms with Crippen molar-refractivity contribution in [1.29, 1.82) is 0 Å². The van der Waals surface area contributed by atoms with Gasteiger partial charge in [0.2, 0.25) is 15.9 Å². The standard InChI is InChI=1S/C22H23ClFN3O5S/c1-12-9-18-19(32-13(2)21(28)26-18)11-20(12)33(30,31)27-7-5-14(6-8-27)22(29)25-15-3-4-17(24)16(23)10-15/h3-4,9-11,13-14H,5-8H2,1-2H3,(H,25,29)(H,26,28)/t13-/m1/s1. The van der Waals surface area contributed by atoms with Crippen LogP contribution in [-0.4, -0.2) is 43.7 Å². The van der Waals surface area contributed by atoms with Gasteiger partial charge in [0.15, 0.2) is 6.10 Å². The number of ether oxygens (including phenoxy) is 1. The first-order valence-corrected chi connectivity index (χ1v) is 12.3. The average molecular weight is 496 g/mol. The molecule has 2 aliphatic heterocycles. The molecule has 0 unspecified atom stereocenters. The number of hydrogen-bond donors (Lipinski definition) is 2. The van der Waals surface area contributed by atoms with E-state index in [4.69, 9.17) is 16.3 Å². The Balaban J connectivity index is 1.45. The number of fused-ring (bicyclic) bond motifs is 1. The molecule has 8 nitrogen and oxygen atoms in total. The highest BCUT2D eigenvalue weighted by Crippen LogP contribution is 2.36. The summed E-state index contributed by atoms with van der Waals surface area (Å²) in [6, 6.07) is 6.94. The lowest BCUT2D eigenvalue weighted by atomic mass is 9.97. The molecule has 0 saturated carbocycles. The maximum absolute atomic E-state index is 13.3. The number of benzene rings is 2. The van der Waals surface area contributed by atoms with E-state index in [2.05, 4.69) is 10.6 Å². The second kappa shape index (κ2) is 8.92. The van der Waals surface area contributed by atoms with Gasteiger partial charge in [0, 0.05) is 30.8 Å². The second-order valence-corrected chi connectivity index (χ2v) is 10.5. The smallest absolute Gasteiger partial charge is 0.265 e. The third kappa shape index (κ3) is 4.68. The molecule has 1 saturated heterocycles. The van der Waals surface area contributed by atoms with Gasteiger partial charge in [-0.3, -0.25) is 9.59 Å². The lowest BCUT2D eigenvalue weighted by Gasteiger charge is -2.31. The predicted octanol–water partition coefficient (Wildman–Crippen LogP) is 3.55. The molecule has 2 aromatic rings.